The van der Waals surface area contributed by atoms with Crippen LogP contribution in [0.3, 0.4) is 0 Å². The molecule has 3 atom stereocenters. The molecule has 3 unspecified atom stereocenters. The highest BCUT2D eigenvalue weighted by atomic mass is 31.2. The molecule has 1 amide bonds. The summed E-state index contributed by atoms with van der Waals surface area (Å²) in [6.45, 7) is 4.56. The smallest absolute Gasteiger partial charge is 0.387 e. The van der Waals surface area contributed by atoms with Crippen LogP contribution in [0.15, 0.2) is 146 Å². The molecule has 3 N–H and O–H groups in total. The number of allylic oxidation sites excluding steroid dienone is 23. The average molecular weight is 920 g/mol. The van der Waals surface area contributed by atoms with Crippen molar-refractivity contribution >= 4 is 13.7 Å². The van der Waals surface area contributed by atoms with Gasteiger partial charge in [0.15, 0.2) is 0 Å². The summed E-state index contributed by atoms with van der Waals surface area (Å²) in [5.74, 6) is -0.240. The Morgan fingerprint density at radius 2 is 0.938 bits per heavy atom. The minimum absolute atomic E-state index is 0.0384. The summed E-state index contributed by atoms with van der Waals surface area (Å²) in [7, 11) is 1.49. The quantitative estimate of drug-likeness (QED) is 0.0244. The molecule has 0 aromatic rings. The summed E-state index contributed by atoms with van der Waals surface area (Å²) < 4.78 is 23.5. The largest absolute Gasteiger partial charge is 0.472 e. The van der Waals surface area contributed by atoms with E-state index in [1.165, 1.54) is 25.7 Å². The third-order valence-electron chi connectivity index (χ3n) is 9.79. The number of phosphoric acid groups is 1. The average Bonchev–Trinajstić information content (AvgIpc) is 3.26. The first-order valence-electron chi connectivity index (χ1n) is 24.7. The van der Waals surface area contributed by atoms with Gasteiger partial charge in [0.05, 0.1) is 39.9 Å². The second kappa shape index (κ2) is 45.5. The van der Waals surface area contributed by atoms with Gasteiger partial charge in [-0.15, -0.1) is 0 Å². The molecule has 0 aliphatic carbocycles. The SMILES string of the molecule is CC/C=C\C/C=C\C/C=C\C/C=C\C/C=C\C/C=C\C/C=C\C/C=C\C/C=C\C/C=C\CCCCC(=O)NC(COP(=O)(O)OCC[N+](C)(C)C)C(O)/C=C/CC/C=C/CCCCCC. The van der Waals surface area contributed by atoms with E-state index in [1.54, 1.807) is 6.08 Å². The van der Waals surface area contributed by atoms with Crippen molar-refractivity contribution in [3.8, 4) is 0 Å². The van der Waals surface area contributed by atoms with Crippen molar-refractivity contribution in [2.45, 2.75) is 161 Å². The molecule has 8 nitrogen and oxygen atoms in total. The van der Waals surface area contributed by atoms with Gasteiger partial charge in [0.25, 0.3) is 0 Å². The number of nitrogens with zero attached hydrogens (tertiary/aromatic N) is 1. The van der Waals surface area contributed by atoms with Gasteiger partial charge in [0.1, 0.15) is 13.2 Å². The number of amides is 1. The highest BCUT2D eigenvalue weighted by Gasteiger charge is 2.27. The Bertz CT molecular complexity index is 1560. The number of hydrogen-bond acceptors (Lipinski definition) is 5. The molecule has 0 bridgehead atoms. The summed E-state index contributed by atoms with van der Waals surface area (Å²) in [6.07, 6.45) is 70.9. The Kier molecular flexibility index (Phi) is 43.0. The highest BCUT2D eigenvalue weighted by Crippen LogP contribution is 2.43. The fourth-order valence-electron chi connectivity index (χ4n) is 5.90. The van der Waals surface area contributed by atoms with Gasteiger partial charge in [-0.3, -0.25) is 13.8 Å². The zero-order valence-electron chi connectivity index (χ0n) is 41.4. The van der Waals surface area contributed by atoms with Crippen molar-refractivity contribution in [1.29, 1.82) is 0 Å². The van der Waals surface area contributed by atoms with Crippen molar-refractivity contribution in [3.63, 3.8) is 0 Å². The number of likely N-dealkylation sites (N-methyl/N-ethyl adjacent to an activating group) is 1. The fourth-order valence-corrected chi connectivity index (χ4v) is 6.64. The molecule has 9 heteroatoms. The number of carbonyl (C=O) groups excluding carboxylic acids is 1. The van der Waals surface area contributed by atoms with Gasteiger partial charge in [-0.25, -0.2) is 4.57 Å². The third kappa shape index (κ3) is 48.1. The Labute approximate surface area is 398 Å². The van der Waals surface area contributed by atoms with Crippen molar-refractivity contribution in [2.75, 3.05) is 40.9 Å². The number of aliphatic hydroxyl groups excluding tert-OH is 1. The minimum atomic E-state index is -4.37. The van der Waals surface area contributed by atoms with Crippen LogP contribution in [0.5, 0.6) is 0 Å². The van der Waals surface area contributed by atoms with Crippen LogP contribution in [0.25, 0.3) is 0 Å². The molecule has 0 aliphatic rings. The van der Waals surface area contributed by atoms with Crippen LogP contribution in [0.4, 0.5) is 0 Å². The lowest BCUT2D eigenvalue weighted by Crippen LogP contribution is -2.45. The van der Waals surface area contributed by atoms with E-state index in [-0.39, 0.29) is 25.5 Å². The summed E-state index contributed by atoms with van der Waals surface area (Å²) in [6, 6.07) is -0.896. The number of quaternary nitrogens is 1. The predicted molar refractivity (Wildman–Crippen MR) is 281 cm³/mol. The monoisotopic (exact) mass is 920 g/mol. The molecule has 366 valence electrons. The number of hydrogen-bond donors (Lipinski definition) is 3. The predicted octanol–water partition coefficient (Wildman–Crippen LogP) is 14.6. The van der Waals surface area contributed by atoms with E-state index in [9.17, 15) is 19.4 Å². The van der Waals surface area contributed by atoms with Crippen LogP contribution in [0, 0.1) is 0 Å². The van der Waals surface area contributed by atoms with Crippen LogP contribution < -0.4 is 5.32 Å². The fraction of sp³-hybridized carbons (Fsp3) is 0.554. The second-order valence-corrected chi connectivity index (χ2v) is 18.5. The molecular weight excluding hydrogens is 828 g/mol. The van der Waals surface area contributed by atoms with Gasteiger partial charge in [-0.05, 0) is 109 Å². The number of nitrogens with one attached hydrogen (secondary N) is 1. The lowest BCUT2D eigenvalue weighted by Gasteiger charge is -2.25. The summed E-state index contributed by atoms with van der Waals surface area (Å²) in [5.41, 5.74) is 0. The van der Waals surface area contributed by atoms with E-state index in [0.29, 0.717) is 17.4 Å². The summed E-state index contributed by atoms with van der Waals surface area (Å²) in [5, 5.41) is 13.7. The van der Waals surface area contributed by atoms with Crippen molar-refractivity contribution in [2.24, 2.45) is 0 Å². The molecule has 0 saturated carbocycles. The Morgan fingerprint density at radius 3 is 1.38 bits per heavy atom. The van der Waals surface area contributed by atoms with Gasteiger partial charge in [-0.2, -0.15) is 0 Å². The van der Waals surface area contributed by atoms with Crippen molar-refractivity contribution in [1.82, 2.24) is 5.32 Å². The molecule has 0 rings (SSSR count). The number of carbonyl (C=O) groups is 1. The summed E-state index contributed by atoms with van der Waals surface area (Å²) >= 11 is 0. The zero-order chi connectivity index (χ0) is 47.8. The van der Waals surface area contributed by atoms with E-state index < -0.39 is 20.0 Å². The molecule has 0 fully saturated rings. The van der Waals surface area contributed by atoms with Crippen LogP contribution in [-0.2, 0) is 18.4 Å². The van der Waals surface area contributed by atoms with Gasteiger partial charge in [0.2, 0.25) is 5.91 Å². The van der Waals surface area contributed by atoms with Crippen molar-refractivity contribution < 1.29 is 32.9 Å². The lowest BCUT2D eigenvalue weighted by molar-refractivity contribution is -0.870. The van der Waals surface area contributed by atoms with Crippen LogP contribution in [0.1, 0.15) is 149 Å². The third-order valence-corrected chi connectivity index (χ3v) is 10.8. The molecule has 0 aromatic carbocycles. The molecule has 65 heavy (non-hydrogen) atoms. The summed E-state index contributed by atoms with van der Waals surface area (Å²) in [4.78, 5) is 23.1. The molecule has 0 radical (unpaired) electrons. The van der Waals surface area contributed by atoms with Crippen molar-refractivity contribution in [3.05, 3.63) is 146 Å². The zero-order valence-corrected chi connectivity index (χ0v) is 42.3. The standard InChI is InChI=1S/C56H91N2O6P/c1-6-8-10-12-14-16-18-19-20-21-22-23-24-25-26-27-28-29-30-31-32-33-34-35-36-37-38-39-40-42-44-46-48-50-56(60)57-54(53-64-65(61,62)63-52-51-58(3,4)5)55(59)49-47-45-43-41-17-15-13-11-9-7-2/h8,10,14,16-17,19-20,22-23,25-26,28-29,31-32,34-35,37-38,40-42,47,49,54-55,59H,6-7,9,11-13,15,18,21,24,27,30,33,36,39,43-46,48,50-53H2,1-5H3,(H-,57,60,61,62)/p+1/b10-8-,16-14-,20-19-,23-22-,26-25-,29-28-,32-31-,35-34-,38-37-,41-17+,42-40-,49-47+. The van der Waals surface area contributed by atoms with Gasteiger partial charge in [0, 0.05) is 6.42 Å². The maximum absolute atomic E-state index is 12.9. The Morgan fingerprint density at radius 1 is 0.538 bits per heavy atom. The van der Waals surface area contributed by atoms with E-state index in [1.807, 2.05) is 27.2 Å². The first kappa shape index (κ1) is 61.4. The van der Waals surface area contributed by atoms with E-state index in [2.05, 4.69) is 153 Å². The maximum Gasteiger partial charge on any atom is 0.472 e. The molecule has 0 aliphatic heterocycles. The number of rotatable bonds is 42. The second-order valence-electron chi connectivity index (χ2n) is 17.1. The molecule has 0 spiro atoms. The maximum atomic E-state index is 12.9. The Hall–Kier alpha value is -3.62. The topological polar surface area (TPSA) is 105 Å². The molecule has 0 heterocycles. The molecule has 0 saturated heterocycles. The first-order chi connectivity index (χ1) is 31.5. The number of unbranched alkanes of at least 4 members (excludes halogenated alkanes) is 7. The van der Waals surface area contributed by atoms with Gasteiger partial charge in [-0.1, -0.05) is 179 Å². The highest BCUT2D eigenvalue weighted by molar-refractivity contribution is 7.47. The Balaban J connectivity index is 4.33. The normalized spacial score (nSPS) is 15.4. The van der Waals surface area contributed by atoms with E-state index in [0.717, 1.165) is 96.3 Å². The first-order valence-corrected chi connectivity index (χ1v) is 26.2. The number of phosphoric ester groups is 1. The minimum Gasteiger partial charge on any atom is -0.387 e. The molecular formula is C56H92N2O6P+. The van der Waals surface area contributed by atoms with Crippen LogP contribution in [-0.4, -0.2) is 73.4 Å². The number of aliphatic hydroxyl groups is 1. The lowest BCUT2D eigenvalue weighted by atomic mass is 10.1. The van der Waals surface area contributed by atoms with Crippen LogP contribution in [0.2, 0.25) is 0 Å². The van der Waals surface area contributed by atoms with Crippen LogP contribution >= 0.6 is 7.82 Å². The van der Waals surface area contributed by atoms with E-state index in [4.69, 9.17) is 9.05 Å². The molecule has 0 aromatic heterocycles. The van der Waals surface area contributed by atoms with Gasteiger partial charge < -0.3 is 19.8 Å². The van der Waals surface area contributed by atoms with E-state index >= 15 is 0 Å². The van der Waals surface area contributed by atoms with Gasteiger partial charge >= 0.3 is 7.82 Å².